The van der Waals surface area contributed by atoms with Crippen molar-refractivity contribution in [2.24, 2.45) is 5.73 Å². The van der Waals surface area contributed by atoms with Crippen LogP contribution in [0.15, 0.2) is 24.3 Å². The second-order valence-corrected chi connectivity index (χ2v) is 7.71. The van der Waals surface area contributed by atoms with Crippen LogP contribution in [0.25, 0.3) is 0 Å². The van der Waals surface area contributed by atoms with Crippen LogP contribution in [0.2, 0.25) is 0 Å². The summed E-state index contributed by atoms with van der Waals surface area (Å²) in [6, 6.07) is -0.00989. The first-order chi connectivity index (χ1) is 16.3. The van der Waals surface area contributed by atoms with E-state index in [1.807, 2.05) is 5.32 Å². The number of nitrogens with two attached hydrogens (primary N) is 1. The second-order valence-electron chi connectivity index (χ2n) is 7.71. The van der Waals surface area contributed by atoms with Crippen LogP contribution in [0, 0.1) is 0 Å². The van der Waals surface area contributed by atoms with E-state index in [4.69, 9.17) is 15.9 Å². The largest absolute Gasteiger partial charge is 0.508 e. The van der Waals surface area contributed by atoms with E-state index in [-0.39, 0.29) is 12.2 Å². The van der Waals surface area contributed by atoms with Crippen LogP contribution < -0.4 is 21.7 Å². The summed E-state index contributed by atoms with van der Waals surface area (Å²) in [5.41, 5.74) is 6.04. The average molecular weight is 496 g/mol. The summed E-state index contributed by atoms with van der Waals surface area (Å²) in [5.74, 6) is -7.20. The summed E-state index contributed by atoms with van der Waals surface area (Å²) in [7, 11) is 0. The van der Waals surface area contributed by atoms with E-state index in [2.05, 4.69) is 10.6 Å². The number of carboxylic acids is 3. The van der Waals surface area contributed by atoms with Crippen LogP contribution >= 0.6 is 0 Å². The lowest BCUT2D eigenvalue weighted by molar-refractivity contribution is -0.144. The Bertz CT molecular complexity index is 948. The number of nitrogens with one attached hydrogen (secondary N) is 3. The quantitative estimate of drug-likeness (QED) is 0.142. The Balaban J connectivity index is 3.08. The summed E-state index contributed by atoms with van der Waals surface area (Å²) in [5, 5.41) is 43.1. The summed E-state index contributed by atoms with van der Waals surface area (Å²) < 4.78 is 0. The fourth-order valence-corrected chi connectivity index (χ4v) is 2.83. The number of hydrogen-bond acceptors (Lipinski definition) is 8. The SMILES string of the molecule is CC(N)C(=O)NC(Cc1ccc(O)cc1)C(=O)NC(CC(=O)O)C(=O)NC(CCC(=O)O)C(=O)O. The monoisotopic (exact) mass is 496 g/mol. The van der Waals surface area contributed by atoms with E-state index in [1.165, 1.54) is 31.2 Å². The number of hydrogen-bond donors (Lipinski definition) is 8. The van der Waals surface area contributed by atoms with Gasteiger partial charge in [-0.25, -0.2) is 4.79 Å². The Hall–Kier alpha value is -4.20. The van der Waals surface area contributed by atoms with Gasteiger partial charge in [0, 0.05) is 12.8 Å². The van der Waals surface area contributed by atoms with Crippen molar-refractivity contribution in [3.8, 4) is 5.75 Å². The molecule has 1 rings (SSSR count). The standard InChI is InChI=1S/C21H28N4O10/c1-10(22)18(31)24-14(8-11-2-4-12(26)5-3-11)19(32)25-15(9-17(29)30)20(33)23-13(21(34)35)6-7-16(27)28/h2-5,10,13-15,26H,6-9,22H2,1H3,(H,23,33)(H,24,31)(H,25,32)(H,27,28)(H,29,30)(H,34,35). The van der Waals surface area contributed by atoms with Crippen molar-refractivity contribution in [1.82, 2.24) is 16.0 Å². The van der Waals surface area contributed by atoms with Gasteiger partial charge in [0.2, 0.25) is 17.7 Å². The molecule has 0 heterocycles. The molecule has 0 fully saturated rings. The zero-order chi connectivity index (χ0) is 26.7. The van der Waals surface area contributed by atoms with E-state index >= 15 is 0 Å². The molecule has 0 bridgehead atoms. The highest BCUT2D eigenvalue weighted by atomic mass is 16.4. The van der Waals surface area contributed by atoms with Gasteiger partial charge in [-0.3, -0.25) is 24.0 Å². The van der Waals surface area contributed by atoms with Crippen molar-refractivity contribution in [3.05, 3.63) is 29.8 Å². The van der Waals surface area contributed by atoms with Crippen molar-refractivity contribution < 1.29 is 49.2 Å². The first-order valence-corrected chi connectivity index (χ1v) is 10.4. The summed E-state index contributed by atoms with van der Waals surface area (Å²) in [4.78, 5) is 70.9. The predicted octanol–water partition coefficient (Wildman–Crippen LogP) is -1.84. The number of carbonyl (C=O) groups is 6. The number of carboxylic acid groups (broad SMARTS) is 3. The first kappa shape index (κ1) is 28.8. The number of carbonyl (C=O) groups excluding carboxylic acids is 3. The van der Waals surface area contributed by atoms with Crippen LogP contribution in [0.5, 0.6) is 5.75 Å². The van der Waals surface area contributed by atoms with Gasteiger partial charge in [0.05, 0.1) is 12.5 Å². The van der Waals surface area contributed by atoms with E-state index in [1.54, 1.807) is 0 Å². The Morgan fingerprint density at radius 1 is 0.800 bits per heavy atom. The molecule has 4 atom stereocenters. The summed E-state index contributed by atoms with van der Waals surface area (Å²) >= 11 is 0. The van der Waals surface area contributed by atoms with Crippen LogP contribution in [-0.4, -0.2) is 80.2 Å². The van der Waals surface area contributed by atoms with Gasteiger partial charge >= 0.3 is 17.9 Å². The molecular formula is C21H28N4O10. The Morgan fingerprint density at radius 3 is 1.80 bits per heavy atom. The molecule has 0 aliphatic heterocycles. The number of aromatic hydroxyl groups is 1. The second kappa shape index (κ2) is 13.5. The van der Waals surface area contributed by atoms with Gasteiger partial charge in [0.15, 0.2) is 0 Å². The zero-order valence-electron chi connectivity index (χ0n) is 18.8. The molecule has 3 amide bonds. The maximum Gasteiger partial charge on any atom is 0.326 e. The van der Waals surface area contributed by atoms with Gasteiger partial charge in [-0.1, -0.05) is 12.1 Å². The van der Waals surface area contributed by atoms with E-state index in [9.17, 15) is 39.0 Å². The van der Waals surface area contributed by atoms with Crippen molar-refractivity contribution >= 4 is 35.6 Å². The number of phenolic OH excluding ortho intramolecular Hbond substituents is 1. The molecule has 35 heavy (non-hydrogen) atoms. The number of aliphatic carboxylic acids is 3. The number of rotatable bonds is 14. The third-order valence-electron chi connectivity index (χ3n) is 4.70. The predicted molar refractivity (Wildman–Crippen MR) is 118 cm³/mol. The molecule has 1 aromatic carbocycles. The van der Waals surface area contributed by atoms with Crippen molar-refractivity contribution in [2.45, 2.75) is 56.8 Å². The van der Waals surface area contributed by atoms with Crippen LogP contribution in [0.1, 0.15) is 31.7 Å². The van der Waals surface area contributed by atoms with Gasteiger partial charge in [-0.15, -0.1) is 0 Å². The van der Waals surface area contributed by atoms with E-state index in [0.29, 0.717) is 5.56 Å². The third kappa shape index (κ3) is 10.5. The molecule has 1 aromatic rings. The highest BCUT2D eigenvalue weighted by molar-refractivity contribution is 5.95. The fourth-order valence-electron chi connectivity index (χ4n) is 2.83. The Morgan fingerprint density at radius 2 is 1.31 bits per heavy atom. The topological polar surface area (TPSA) is 245 Å². The summed E-state index contributed by atoms with van der Waals surface area (Å²) in [6.07, 6.45) is -2.08. The molecule has 9 N–H and O–H groups in total. The number of phenols is 1. The van der Waals surface area contributed by atoms with Crippen LogP contribution in [0.4, 0.5) is 0 Å². The van der Waals surface area contributed by atoms with E-state index < -0.39 is 79.1 Å². The lowest BCUT2D eigenvalue weighted by atomic mass is 10.0. The molecule has 192 valence electrons. The Kier molecular flexibility index (Phi) is 11.1. The smallest absolute Gasteiger partial charge is 0.326 e. The maximum atomic E-state index is 12.9. The van der Waals surface area contributed by atoms with Gasteiger partial charge < -0.3 is 42.1 Å². The van der Waals surface area contributed by atoms with Crippen LogP contribution in [0.3, 0.4) is 0 Å². The van der Waals surface area contributed by atoms with Gasteiger partial charge in [0.1, 0.15) is 23.9 Å². The lowest BCUT2D eigenvalue weighted by Gasteiger charge is -2.24. The molecule has 0 radical (unpaired) electrons. The Labute approximate surface area is 199 Å². The number of amides is 3. The van der Waals surface area contributed by atoms with Gasteiger partial charge in [0.25, 0.3) is 0 Å². The van der Waals surface area contributed by atoms with Crippen molar-refractivity contribution in [2.75, 3.05) is 0 Å². The highest BCUT2D eigenvalue weighted by Gasteiger charge is 2.31. The molecule has 14 heteroatoms. The third-order valence-corrected chi connectivity index (χ3v) is 4.70. The summed E-state index contributed by atoms with van der Waals surface area (Å²) in [6.45, 7) is 1.37. The normalized spacial score (nSPS) is 14.0. The van der Waals surface area contributed by atoms with Crippen molar-refractivity contribution in [3.63, 3.8) is 0 Å². The molecule has 14 nitrogen and oxygen atoms in total. The van der Waals surface area contributed by atoms with Gasteiger partial charge in [-0.2, -0.15) is 0 Å². The minimum Gasteiger partial charge on any atom is -0.508 e. The fraction of sp³-hybridized carbons (Fsp3) is 0.429. The lowest BCUT2D eigenvalue weighted by Crippen LogP contribution is -2.57. The molecule has 0 aliphatic carbocycles. The van der Waals surface area contributed by atoms with Crippen LogP contribution in [-0.2, 0) is 35.2 Å². The average Bonchev–Trinajstić information content (AvgIpc) is 2.76. The molecule has 0 saturated carbocycles. The number of benzene rings is 1. The maximum absolute atomic E-state index is 12.9. The molecule has 4 unspecified atom stereocenters. The van der Waals surface area contributed by atoms with Gasteiger partial charge in [-0.05, 0) is 31.0 Å². The van der Waals surface area contributed by atoms with Crippen molar-refractivity contribution in [1.29, 1.82) is 0 Å². The first-order valence-electron chi connectivity index (χ1n) is 10.4. The van der Waals surface area contributed by atoms with E-state index in [0.717, 1.165) is 0 Å². The molecular weight excluding hydrogens is 468 g/mol. The molecule has 0 aromatic heterocycles. The highest BCUT2D eigenvalue weighted by Crippen LogP contribution is 2.12. The zero-order valence-corrected chi connectivity index (χ0v) is 18.8. The molecule has 0 aliphatic rings. The molecule has 0 spiro atoms. The minimum absolute atomic E-state index is 0.0385. The minimum atomic E-state index is -1.74. The molecule has 0 saturated heterocycles.